The number of ether oxygens (including phenoxy) is 1. The lowest BCUT2D eigenvalue weighted by molar-refractivity contribution is -0.132. The van der Waals surface area contributed by atoms with Gasteiger partial charge in [0.1, 0.15) is 11.4 Å². The molecule has 0 aliphatic heterocycles. The number of nitrogens with one attached hydrogen (secondary N) is 1. The largest absolute Gasteiger partial charge is 0.443 e. The Kier molecular flexibility index (Phi) is 5.99. The molecule has 2 rings (SSSR count). The first kappa shape index (κ1) is 20.0. The molecule has 8 heteroatoms. The first-order valence-electron chi connectivity index (χ1n) is 8.14. The Morgan fingerprint density at radius 3 is 2.72 bits per heavy atom. The molecule has 2 amide bonds. The second kappa shape index (κ2) is 7.50. The van der Waals surface area contributed by atoms with Crippen LogP contribution >= 0.6 is 27.5 Å². The molecule has 6 nitrogen and oxygen atoms in total. The van der Waals surface area contributed by atoms with E-state index in [-0.39, 0.29) is 17.2 Å². The van der Waals surface area contributed by atoms with Gasteiger partial charge in [0.2, 0.25) is 5.91 Å². The number of nitrogens with zero attached hydrogens (tertiary/aromatic N) is 1. The van der Waals surface area contributed by atoms with Crippen LogP contribution in [0.2, 0.25) is 5.02 Å². The number of nitrogens with two attached hydrogens (primary N) is 1. The van der Waals surface area contributed by atoms with Crippen LogP contribution in [0.1, 0.15) is 46.5 Å². The summed E-state index contributed by atoms with van der Waals surface area (Å²) in [6, 6.07) is 1.65. The van der Waals surface area contributed by atoms with Gasteiger partial charge in [0.05, 0.1) is 5.02 Å². The Morgan fingerprint density at radius 2 is 2.16 bits per heavy atom. The van der Waals surface area contributed by atoms with Crippen LogP contribution in [0.5, 0.6) is 0 Å². The zero-order chi connectivity index (χ0) is 18.8. The summed E-state index contributed by atoms with van der Waals surface area (Å²) in [5.74, 6) is -0.0178. The lowest BCUT2D eigenvalue weighted by Crippen LogP contribution is -2.52. The topological polar surface area (TPSA) is 94.3 Å². The Morgan fingerprint density at radius 1 is 1.48 bits per heavy atom. The Balaban J connectivity index is 2.16. The molecular formula is C17H23BrClN3O3. The molecule has 3 N–H and O–H groups in total. The van der Waals surface area contributed by atoms with E-state index in [4.69, 9.17) is 22.1 Å². The van der Waals surface area contributed by atoms with E-state index in [9.17, 15) is 9.59 Å². The lowest BCUT2D eigenvalue weighted by atomic mass is 9.65. The van der Waals surface area contributed by atoms with Gasteiger partial charge in [-0.25, -0.2) is 9.78 Å². The number of carbonyl (C=O) groups is 2. The van der Waals surface area contributed by atoms with Crippen molar-refractivity contribution in [3.63, 3.8) is 0 Å². The molecule has 0 bridgehead atoms. The zero-order valence-electron chi connectivity index (χ0n) is 14.6. The lowest BCUT2D eigenvalue weighted by Gasteiger charge is -2.47. The monoisotopic (exact) mass is 431 g/mol. The van der Waals surface area contributed by atoms with E-state index in [1.54, 1.807) is 6.07 Å². The van der Waals surface area contributed by atoms with Crippen molar-refractivity contribution in [2.24, 2.45) is 17.1 Å². The zero-order valence-corrected chi connectivity index (χ0v) is 16.9. The predicted molar refractivity (Wildman–Crippen MR) is 100 cm³/mol. The third-order valence-electron chi connectivity index (χ3n) is 4.80. The Hall–Kier alpha value is -1.34. The van der Waals surface area contributed by atoms with Crippen molar-refractivity contribution in [1.29, 1.82) is 0 Å². The number of hydrogen-bond acceptors (Lipinski definition) is 4. The number of primary amides is 1. The van der Waals surface area contributed by atoms with Crippen LogP contribution in [-0.2, 0) is 9.53 Å². The van der Waals surface area contributed by atoms with Crippen LogP contribution in [0.15, 0.2) is 16.7 Å². The average molecular weight is 433 g/mol. The minimum atomic E-state index is -0.806. The highest BCUT2D eigenvalue weighted by Gasteiger charge is 2.49. The average Bonchev–Trinajstić information content (AvgIpc) is 2.49. The maximum absolute atomic E-state index is 12.7. The molecule has 0 spiro atoms. The number of rotatable bonds is 3. The maximum Gasteiger partial charge on any atom is 0.405 e. The van der Waals surface area contributed by atoms with Crippen molar-refractivity contribution in [3.05, 3.63) is 21.8 Å². The van der Waals surface area contributed by atoms with Crippen LogP contribution in [-0.4, -0.2) is 22.6 Å². The number of amides is 2. The van der Waals surface area contributed by atoms with Crippen molar-refractivity contribution in [2.45, 2.75) is 52.1 Å². The standard InChI is InChI=1S/C17H23BrClN3O3/c1-16(2,3)17(25-15(20)24)6-4-5-10(8-17)14(23)22-13-7-11(18)12(19)9-21-13/h7,9-10H,4-6,8H2,1-3H3,(H2,20,24)(H,21,22,23)/t10-,17+/m0/s1. The third kappa shape index (κ3) is 4.64. The van der Waals surface area contributed by atoms with Crippen molar-refractivity contribution < 1.29 is 14.3 Å². The highest BCUT2D eigenvalue weighted by molar-refractivity contribution is 9.10. The van der Waals surface area contributed by atoms with Gasteiger partial charge in [-0.3, -0.25) is 4.79 Å². The highest BCUT2D eigenvalue weighted by Crippen LogP contribution is 2.47. The number of aromatic nitrogens is 1. The molecule has 2 atom stereocenters. The van der Waals surface area contributed by atoms with E-state index in [2.05, 4.69) is 26.2 Å². The van der Waals surface area contributed by atoms with Gasteiger partial charge in [0.25, 0.3) is 0 Å². The summed E-state index contributed by atoms with van der Waals surface area (Å²) in [6.07, 6.45) is 3.28. The number of halogens is 2. The van der Waals surface area contributed by atoms with Crippen LogP contribution in [0.3, 0.4) is 0 Å². The third-order valence-corrected chi connectivity index (χ3v) is 5.99. The van der Waals surface area contributed by atoms with Gasteiger partial charge in [-0.1, -0.05) is 32.4 Å². The fraction of sp³-hybridized carbons (Fsp3) is 0.588. The minimum absolute atomic E-state index is 0.150. The van der Waals surface area contributed by atoms with E-state index in [1.807, 2.05) is 20.8 Å². The first-order chi connectivity index (χ1) is 11.5. The van der Waals surface area contributed by atoms with Crippen molar-refractivity contribution >= 4 is 45.3 Å². The smallest absolute Gasteiger partial charge is 0.405 e. The summed E-state index contributed by atoms with van der Waals surface area (Å²) in [7, 11) is 0. The van der Waals surface area contributed by atoms with Gasteiger partial charge in [-0.05, 0) is 47.7 Å². The van der Waals surface area contributed by atoms with Gasteiger partial charge in [0.15, 0.2) is 0 Å². The summed E-state index contributed by atoms with van der Waals surface area (Å²) in [5.41, 5.74) is 4.20. The van der Waals surface area contributed by atoms with Gasteiger partial charge >= 0.3 is 6.09 Å². The van der Waals surface area contributed by atoms with Crippen LogP contribution < -0.4 is 11.1 Å². The van der Waals surface area contributed by atoms with E-state index >= 15 is 0 Å². The summed E-state index contributed by atoms with van der Waals surface area (Å²) >= 11 is 9.23. The summed E-state index contributed by atoms with van der Waals surface area (Å²) < 4.78 is 6.18. The number of hydrogen-bond donors (Lipinski definition) is 2. The fourth-order valence-corrected chi connectivity index (χ4v) is 3.71. The van der Waals surface area contributed by atoms with Crippen molar-refractivity contribution in [1.82, 2.24) is 4.98 Å². The minimum Gasteiger partial charge on any atom is -0.443 e. The summed E-state index contributed by atoms with van der Waals surface area (Å²) in [5, 5.41) is 3.28. The molecular weight excluding hydrogens is 410 g/mol. The van der Waals surface area contributed by atoms with E-state index < -0.39 is 11.7 Å². The summed E-state index contributed by atoms with van der Waals surface area (Å²) in [4.78, 5) is 28.2. The molecule has 0 radical (unpaired) electrons. The molecule has 1 heterocycles. The molecule has 1 aromatic rings. The van der Waals surface area contributed by atoms with Crippen LogP contribution in [0, 0.1) is 11.3 Å². The fourth-order valence-electron chi connectivity index (χ4n) is 3.29. The second-order valence-electron chi connectivity index (χ2n) is 7.43. The van der Waals surface area contributed by atoms with Crippen molar-refractivity contribution in [2.75, 3.05) is 5.32 Å². The van der Waals surface area contributed by atoms with E-state index in [0.29, 0.717) is 28.2 Å². The quantitative estimate of drug-likeness (QED) is 0.735. The molecule has 1 aromatic heterocycles. The van der Waals surface area contributed by atoms with Crippen LogP contribution in [0.4, 0.5) is 10.6 Å². The Bertz CT molecular complexity index is 678. The van der Waals surface area contributed by atoms with E-state index in [0.717, 1.165) is 12.8 Å². The first-order valence-corrected chi connectivity index (χ1v) is 9.31. The molecule has 0 unspecified atom stereocenters. The molecule has 0 saturated heterocycles. The molecule has 25 heavy (non-hydrogen) atoms. The predicted octanol–water partition coefficient (Wildman–Crippen LogP) is 4.51. The summed E-state index contributed by atoms with van der Waals surface area (Å²) in [6.45, 7) is 5.98. The van der Waals surface area contributed by atoms with Crippen LogP contribution in [0.25, 0.3) is 0 Å². The van der Waals surface area contributed by atoms with Crippen molar-refractivity contribution in [3.8, 4) is 0 Å². The van der Waals surface area contributed by atoms with Gasteiger partial charge in [-0.2, -0.15) is 0 Å². The molecule has 0 aromatic carbocycles. The highest BCUT2D eigenvalue weighted by atomic mass is 79.9. The maximum atomic E-state index is 12.7. The number of anilines is 1. The molecule has 1 saturated carbocycles. The van der Waals surface area contributed by atoms with E-state index in [1.165, 1.54) is 6.20 Å². The van der Waals surface area contributed by atoms with Gasteiger partial charge in [0, 0.05) is 22.0 Å². The second-order valence-corrected chi connectivity index (χ2v) is 8.69. The van der Waals surface area contributed by atoms with Gasteiger partial charge in [-0.15, -0.1) is 0 Å². The molecule has 1 aliphatic carbocycles. The number of pyridine rings is 1. The molecule has 1 fully saturated rings. The normalized spacial score (nSPS) is 23.8. The molecule has 138 valence electrons. The van der Waals surface area contributed by atoms with Gasteiger partial charge < -0.3 is 15.8 Å². The molecule has 1 aliphatic rings. The Labute approximate surface area is 161 Å². The SMILES string of the molecule is CC(C)(C)[C@@]1(OC(N)=O)CCC[C@H](C(=O)Nc2cc(Br)c(Cl)cn2)C1. The number of carbonyl (C=O) groups excluding carboxylic acids is 2.